The lowest BCUT2D eigenvalue weighted by Crippen LogP contribution is -1.94. The monoisotopic (exact) mass is 213 g/mol. The van der Waals surface area contributed by atoms with Gasteiger partial charge in [-0.15, -0.1) is 11.6 Å². The van der Waals surface area contributed by atoms with Gasteiger partial charge in [-0.25, -0.2) is 4.98 Å². The van der Waals surface area contributed by atoms with Crippen molar-refractivity contribution in [2.24, 2.45) is 0 Å². The average molecular weight is 214 g/mol. The molecular formula is C11H16ClNO. The van der Waals surface area contributed by atoms with Crippen molar-refractivity contribution in [1.29, 1.82) is 0 Å². The van der Waals surface area contributed by atoms with E-state index in [1.165, 1.54) is 38.5 Å². The summed E-state index contributed by atoms with van der Waals surface area (Å²) in [7, 11) is 0. The molecular weight excluding hydrogens is 198 g/mol. The molecule has 2 nitrogen and oxygen atoms in total. The summed E-state index contributed by atoms with van der Waals surface area (Å²) in [6.45, 7) is 0. The minimum atomic E-state index is 0.382. The Hall–Kier alpha value is -0.500. The van der Waals surface area contributed by atoms with Crippen molar-refractivity contribution >= 4 is 11.6 Å². The second-order valence-electron chi connectivity index (χ2n) is 3.98. The first-order valence-corrected chi connectivity index (χ1v) is 5.94. The smallest absolute Gasteiger partial charge is 0.209 e. The lowest BCUT2D eigenvalue weighted by atomic mass is 9.98. The van der Waals surface area contributed by atoms with E-state index in [9.17, 15) is 0 Å². The predicted octanol–water partition coefficient (Wildman–Crippen LogP) is 3.85. The second-order valence-corrected chi connectivity index (χ2v) is 4.25. The molecule has 3 heteroatoms. The summed E-state index contributed by atoms with van der Waals surface area (Å²) in [5.74, 6) is 2.67. The Morgan fingerprint density at radius 2 is 2.00 bits per heavy atom. The Balaban J connectivity index is 2.04. The summed E-state index contributed by atoms with van der Waals surface area (Å²) in [6, 6.07) is 0. The van der Waals surface area contributed by atoms with Gasteiger partial charge in [-0.3, -0.25) is 0 Å². The van der Waals surface area contributed by atoms with E-state index in [1.807, 2.05) is 6.20 Å². The molecule has 1 aromatic rings. The SMILES string of the molecule is ClCc1ncc(C2CCCCCC2)o1. The van der Waals surface area contributed by atoms with Crippen LogP contribution >= 0.6 is 11.6 Å². The van der Waals surface area contributed by atoms with E-state index in [2.05, 4.69) is 4.98 Å². The zero-order chi connectivity index (χ0) is 9.80. The third-order valence-corrected chi connectivity index (χ3v) is 3.17. The minimum absolute atomic E-state index is 0.382. The number of rotatable bonds is 2. The van der Waals surface area contributed by atoms with Gasteiger partial charge in [-0.1, -0.05) is 25.7 Å². The van der Waals surface area contributed by atoms with Gasteiger partial charge in [-0.2, -0.15) is 0 Å². The van der Waals surface area contributed by atoms with Crippen LogP contribution in [0, 0.1) is 0 Å². The molecule has 0 aromatic carbocycles. The minimum Gasteiger partial charge on any atom is -0.444 e. The summed E-state index contributed by atoms with van der Waals surface area (Å²) in [5.41, 5.74) is 0. The van der Waals surface area contributed by atoms with Crippen molar-refractivity contribution in [3.05, 3.63) is 17.8 Å². The predicted molar refractivity (Wildman–Crippen MR) is 56.5 cm³/mol. The van der Waals surface area contributed by atoms with Gasteiger partial charge in [0.15, 0.2) is 0 Å². The van der Waals surface area contributed by atoms with Crippen molar-refractivity contribution in [3.63, 3.8) is 0 Å². The number of halogens is 1. The molecule has 0 aliphatic heterocycles. The lowest BCUT2D eigenvalue weighted by molar-refractivity contribution is 0.413. The maximum absolute atomic E-state index is 5.66. The van der Waals surface area contributed by atoms with E-state index < -0.39 is 0 Å². The average Bonchev–Trinajstić information content (AvgIpc) is 2.53. The first-order valence-electron chi connectivity index (χ1n) is 5.40. The molecule has 14 heavy (non-hydrogen) atoms. The highest BCUT2D eigenvalue weighted by Crippen LogP contribution is 2.31. The van der Waals surface area contributed by atoms with Crippen LogP contribution in [0.2, 0.25) is 0 Å². The van der Waals surface area contributed by atoms with E-state index in [-0.39, 0.29) is 0 Å². The van der Waals surface area contributed by atoms with E-state index in [1.54, 1.807) is 0 Å². The van der Waals surface area contributed by atoms with Crippen molar-refractivity contribution in [2.45, 2.75) is 50.3 Å². The van der Waals surface area contributed by atoms with Crippen molar-refractivity contribution in [2.75, 3.05) is 0 Å². The van der Waals surface area contributed by atoms with Crippen molar-refractivity contribution in [1.82, 2.24) is 4.98 Å². The fourth-order valence-electron chi connectivity index (χ4n) is 2.14. The fourth-order valence-corrected chi connectivity index (χ4v) is 2.26. The van der Waals surface area contributed by atoms with Crippen LogP contribution in [-0.2, 0) is 5.88 Å². The topological polar surface area (TPSA) is 26.0 Å². The van der Waals surface area contributed by atoms with Crippen LogP contribution < -0.4 is 0 Å². The first kappa shape index (κ1) is 10.0. The number of hydrogen-bond donors (Lipinski definition) is 0. The number of alkyl halides is 1. The number of oxazole rings is 1. The van der Waals surface area contributed by atoms with E-state index in [4.69, 9.17) is 16.0 Å². The molecule has 0 saturated heterocycles. The normalized spacial score (nSPS) is 19.5. The maximum Gasteiger partial charge on any atom is 0.209 e. The fraction of sp³-hybridized carbons (Fsp3) is 0.727. The van der Waals surface area contributed by atoms with Gasteiger partial charge >= 0.3 is 0 Å². The standard InChI is InChI=1S/C11H16ClNO/c12-7-11-13-8-10(14-11)9-5-3-1-2-4-6-9/h8-9H,1-7H2. The van der Waals surface area contributed by atoms with Gasteiger partial charge in [-0.05, 0) is 12.8 Å². The lowest BCUT2D eigenvalue weighted by Gasteiger charge is -2.08. The highest BCUT2D eigenvalue weighted by Gasteiger charge is 2.18. The summed E-state index contributed by atoms with van der Waals surface area (Å²) in [5, 5.41) is 0. The van der Waals surface area contributed by atoms with Crippen LogP contribution in [0.5, 0.6) is 0 Å². The first-order chi connectivity index (χ1) is 6.90. The van der Waals surface area contributed by atoms with E-state index in [0.717, 1.165) is 5.76 Å². The van der Waals surface area contributed by atoms with Crippen LogP contribution in [0.1, 0.15) is 56.1 Å². The van der Waals surface area contributed by atoms with Gasteiger partial charge < -0.3 is 4.42 Å². The summed E-state index contributed by atoms with van der Waals surface area (Å²) in [6.07, 6.45) is 9.73. The molecule has 0 spiro atoms. The zero-order valence-corrected chi connectivity index (χ0v) is 9.09. The Kier molecular flexibility index (Phi) is 3.46. The highest BCUT2D eigenvalue weighted by atomic mass is 35.5. The van der Waals surface area contributed by atoms with Crippen LogP contribution in [0.4, 0.5) is 0 Å². The van der Waals surface area contributed by atoms with Gasteiger partial charge in [0.05, 0.1) is 12.1 Å². The van der Waals surface area contributed by atoms with Gasteiger partial charge in [0.1, 0.15) is 5.76 Å². The molecule has 78 valence electrons. The number of nitrogens with zero attached hydrogens (tertiary/aromatic N) is 1. The second kappa shape index (κ2) is 4.83. The van der Waals surface area contributed by atoms with E-state index in [0.29, 0.717) is 17.7 Å². The number of hydrogen-bond acceptors (Lipinski definition) is 2. The Labute approximate surface area is 89.7 Å². The third-order valence-electron chi connectivity index (χ3n) is 2.94. The molecule has 1 aliphatic rings. The third kappa shape index (κ3) is 2.30. The van der Waals surface area contributed by atoms with Gasteiger partial charge in [0.25, 0.3) is 0 Å². The van der Waals surface area contributed by atoms with Crippen molar-refractivity contribution in [3.8, 4) is 0 Å². The largest absolute Gasteiger partial charge is 0.444 e. The summed E-state index contributed by atoms with van der Waals surface area (Å²) >= 11 is 5.66. The molecule has 0 atom stereocenters. The van der Waals surface area contributed by atoms with Crippen LogP contribution in [-0.4, -0.2) is 4.98 Å². The number of aromatic nitrogens is 1. The zero-order valence-electron chi connectivity index (χ0n) is 8.34. The van der Waals surface area contributed by atoms with Gasteiger partial charge in [0, 0.05) is 5.92 Å². The quantitative estimate of drug-likeness (QED) is 0.551. The van der Waals surface area contributed by atoms with Crippen molar-refractivity contribution < 1.29 is 4.42 Å². The Bertz CT molecular complexity index is 277. The molecule has 1 heterocycles. The summed E-state index contributed by atoms with van der Waals surface area (Å²) in [4.78, 5) is 4.14. The molecule has 1 saturated carbocycles. The molecule has 0 N–H and O–H groups in total. The maximum atomic E-state index is 5.66. The Morgan fingerprint density at radius 3 is 2.57 bits per heavy atom. The summed E-state index contributed by atoms with van der Waals surface area (Å²) < 4.78 is 5.58. The molecule has 0 unspecified atom stereocenters. The van der Waals surface area contributed by atoms with Crippen LogP contribution in [0.25, 0.3) is 0 Å². The van der Waals surface area contributed by atoms with E-state index >= 15 is 0 Å². The molecule has 0 bridgehead atoms. The molecule has 2 rings (SSSR count). The molecule has 1 fully saturated rings. The van der Waals surface area contributed by atoms with Crippen LogP contribution in [0.3, 0.4) is 0 Å². The molecule has 0 radical (unpaired) electrons. The van der Waals surface area contributed by atoms with Crippen LogP contribution in [0.15, 0.2) is 10.6 Å². The molecule has 1 aliphatic carbocycles. The van der Waals surface area contributed by atoms with Gasteiger partial charge in [0.2, 0.25) is 5.89 Å². The molecule has 0 amide bonds. The molecule has 1 aromatic heterocycles. The highest BCUT2D eigenvalue weighted by molar-refractivity contribution is 6.16. The Morgan fingerprint density at radius 1 is 1.29 bits per heavy atom.